The lowest BCUT2D eigenvalue weighted by Crippen LogP contribution is -2.23. The molecular weight excluding hydrogens is 350 g/mol. The standard InChI is InChI=1S/C21H22F2N2O2/c1-21(2,3)14-7-4-5-10-17(14)24-19(26)12-11-13(12)20(27)25-18-15(22)8-6-9-16(18)23/h4-10,12-13H,11H2,1-3H3,(H,24,26)(H,25,27). The van der Waals surface area contributed by atoms with E-state index in [0.717, 1.165) is 17.7 Å². The Morgan fingerprint density at radius 3 is 2.04 bits per heavy atom. The van der Waals surface area contributed by atoms with Crippen LogP contribution in [-0.4, -0.2) is 11.8 Å². The number of amides is 2. The Kier molecular flexibility index (Phi) is 5.00. The zero-order chi connectivity index (χ0) is 19.8. The summed E-state index contributed by atoms with van der Waals surface area (Å²) in [6.45, 7) is 6.15. The molecule has 0 heterocycles. The molecule has 0 radical (unpaired) electrons. The van der Waals surface area contributed by atoms with Gasteiger partial charge >= 0.3 is 0 Å². The van der Waals surface area contributed by atoms with Crippen LogP contribution in [0.25, 0.3) is 0 Å². The van der Waals surface area contributed by atoms with Gasteiger partial charge in [0.25, 0.3) is 0 Å². The zero-order valence-electron chi connectivity index (χ0n) is 15.5. The molecule has 0 spiro atoms. The van der Waals surface area contributed by atoms with Crippen LogP contribution in [0.4, 0.5) is 20.2 Å². The highest BCUT2D eigenvalue weighted by atomic mass is 19.1. The Morgan fingerprint density at radius 2 is 1.44 bits per heavy atom. The molecule has 27 heavy (non-hydrogen) atoms. The number of hydrogen-bond donors (Lipinski definition) is 2. The molecule has 6 heteroatoms. The Hall–Kier alpha value is -2.76. The molecule has 0 aliphatic heterocycles. The van der Waals surface area contributed by atoms with E-state index in [-0.39, 0.29) is 11.3 Å². The number of para-hydroxylation sites is 2. The second-order valence-electron chi connectivity index (χ2n) is 7.82. The van der Waals surface area contributed by atoms with Crippen LogP contribution in [0.2, 0.25) is 0 Å². The molecule has 3 rings (SSSR count). The molecule has 2 aromatic carbocycles. The molecule has 0 saturated heterocycles. The van der Waals surface area contributed by atoms with Crippen molar-refractivity contribution in [2.75, 3.05) is 10.6 Å². The van der Waals surface area contributed by atoms with Crippen LogP contribution >= 0.6 is 0 Å². The third-order valence-electron chi connectivity index (χ3n) is 4.67. The smallest absolute Gasteiger partial charge is 0.228 e. The van der Waals surface area contributed by atoms with E-state index in [1.807, 2.05) is 45.0 Å². The second-order valence-corrected chi connectivity index (χ2v) is 7.82. The second kappa shape index (κ2) is 7.10. The molecule has 4 nitrogen and oxygen atoms in total. The van der Waals surface area contributed by atoms with Crippen molar-refractivity contribution < 1.29 is 18.4 Å². The first-order valence-electron chi connectivity index (χ1n) is 8.83. The largest absolute Gasteiger partial charge is 0.326 e. The molecule has 1 aliphatic rings. The summed E-state index contributed by atoms with van der Waals surface area (Å²) in [5, 5.41) is 5.14. The quantitative estimate of drug-likeness (QED) is 0.832. The molecule has 2 N–H and O–H groups in total. The van der Waals surface area contributed by atoms with Crippen molar-refractivity contribution >= 4 is 23.2 Å². The third-order valence-corrected chi connectivity index (χ3v) is 4.67. The van der Waals surface area contributed by atoms with E-state index in [1.165, 1.54) is 6.07 Å². The van der Waals surface area contributed by atoms with Crippen molar-refractivity contribution in [3.8, 4) is 0 Å². The van der Waals surface area contributed by atoms with Gasteiger partial charge in [-0.25, -0.2) is 8.78 Å². The predicted octanol–water partition coefficient (Wildman–Crippen LogP) is 4.48. The SMILES string of the molecule is CC(C)(C)c1ccccc1NC(=O)C1CC1C(=O)Nc1c(F)cccc1F. The molecule has 0 aromatic heterocycles. The number of carbonyl (C=O) groups is 2. The van der Waals surface area contributed by atoms with Gasteiger partial charge in [-0.1, -0.05) is 45.0 Å². The lowest BCUT2D eigenvalue weighted by Gasteiger charge is -2.23. The summed E-state index contributed by atoms with van der Waals surface area (Å²) in [4.78, 5) is 24.8. The summed E-state index contributed by atoms with van der Waals surface area (Å²) < 4.78 is 27.3. The van der Waals surface area contributed by atoms with Crippen molar-refractivity contribution in [1.29, 1.82) is 0 Å². The Bertz CT molecular complexity index is 870. The molecule has 2 amide bonds. The number of benzene rings is 2. The van der Waals surface area contributed by atoms with Gasteiger partial charge in [0.2, 0.25) is 11.8 Å². The van der Waals surface area contributed by atoms with Gasteiger partial charge in [0, 0.05) is 5.69 Å². The predicted molar refractivity (Wildman–Crippen MR) is 100 cm³/mol. The first-order valence-corrected chi connectivity index (χ1v) is 8.83. The van der Waals surface area contributed by atoms with Crippen LogP contribution in [0.5, 0.6) is 0 Å². The maximum Gasteiger partial charge on any atom is 0.228 e. The van der Waals surface area contributed by atoms with Crippen LogP contribution < -0.4 is 10.6 Å². The maximum absolute atomic E-state index is 13.7. The van der Waals surface area contributed by atoms with E-state index in [1.54, 1.807) is 0 Å². The number of nitrogens with one attached hydrogen (secondary N) is 2. The van der Waals surface area contributed by atoms with Crippen LogP contribution in [-0.2, 0) is 15.0 Å². The highest BCUT2D eigenvalue weighted by molar-refractivity contribution is 6.03. The molecule has 0 bridgehead atoms. The minimum Gasteiger partial charge on any atom is -0.326 e. The van der Waals surface area contributed by atoms with Crippen LogP contribution in [0, 0.1) is 23.5 Å². The highest BCUT2D eigenvalue weighted by Crippen LogP contribution is 2.41. The van der Waals surface area contributed by atoms with Gasteiger partial charge in [-0.05, 0) is 35.6 Å². The van der Waals surface area contributed by atoms with E-state index in [4.69, 9.17) is 0 Å². The minimum atomic E-state index is -0.843. The van der Waals surface area contributed by atoms with E-state index in [9.17, 15) is 18.4 Å². The average Bonchev–Trinajstić information content (AvgIpc) is 3.38. The third kappa shape index (κ3) is 4.15. The summed E-state index contributed by atoms with van der Waals surface area (Å²) in [7, 11) is 0. The fraction of sp³-hybridized carbons (Fsp3) is 0.333. The van der Waals surface area contributed by atoms with Gasteiger partial charge in [0.15, 0.2) is 0 Å². The molecule has 142 valence electrons. The highest BCUT2D eigenvalue weighted by Gasteiger charge is 2.48. The number of hydrogen-bond acceptors (Lipinski definition) is 2. The number of anilines is 2. The fourth-order valence-electron chi connectivity index (χ4n) is 3.08. The molecule has 2 aromatic rings. The zero-order valence-corrected chi connectivity index (χ0v) is 15.5. The monoisotopic (exact) mass is 372 g/mol. The number of rotatable bonds is 4. The Balaban J connectivity index is 1.65. The van der Waals surface area contributed by atoms with Gasteiger partial charge in [-0.3, -0.25) is 9.59 Å². The first-order chi connectivity index (χ1) is 12.7. The van der Waals surface area contributed by atoms with Crippen molar-refractivity contribution in [2.24, 2.45) is 11.8 Å². The summed E-state index contributed by atoms with van der Waals surface area (Å²) in [5.41, 5.74) is 1.08. The van der Waals surface area contributed by atoms with Gasteiger partial charge in [-0.2, -0.15) is 0 Å². The lowest BCUT2D eigenvalue weighted by atomic mass is 9.86. The molecule has 1 fully saturated rings. The number of halogens is 2. The van der Waals surface area contributed by atoms with Crippen molar-refractivity contribution in [3.63, 3.8) is 0 Å². The van der Waals surface area contributed by atoms with Gasteiger partial charge in [0.1, 0.15) is 17.3 Å². The summed E-state index contributed by atoms with van der Waals surface area (Å²) >= 11 is 0. The van der Waals surface area contributed by atoms with Crippen molar-refractivity contribution in [3.05, 3.63) is 59.7 Å². The van der Waals surface area contributed by atoms with Gasteiger partial charge < -0.3 is 10.6 Å². The Morgan fingerprint density at radius 1 is 0.889 bits per heavy atom. The van der Waals surface area contributed by atoms with Gasteiger partial charge in [0.05, 0.1) is 11.8 Å². The Labute approximate surface area is 157 Å². The molecule has 1 saturated carbocycles. The first kappa shape index (κ1) is 19.0. The maximum atomic E-state index is 13.7. The van der Waals surface area contributed by atoms with E-state index >= 15 is 0 Å². The van der Waals surface area contributed by atoms with Gasteiger partial charge in [-0.15, -0.1) is 0 Å². The summed E-state index contributed by atoms with van der Waals surface area (Å²) in [5.74, 6) is -3.60. The molecule has 2 unspecified atom stereocenters. The topological polar surface area (TPSA) is 58.2 Å². The summed E-state index contributed by atoms with van der Waals surface area (Å²) in [6.07, 6.45) is 0.353. The summed E-state index contributed by atoms with van der Waals surface area (Å²) in [6, 6.07) is 10.9. The lowest BCUT2D eigenvalue weighted by molar-refractivity contribution is -0.122. The minimum absolute atomic E-state index is 0.146. The van der Waals surface area contributed by atoms with Crippen molar-refractivity contribution in [1.82, 2.24) is 0 Å². The van der Waals surface area contributed by atoms with E-state index in [0.29, 0.717) is 12.1 Å². The van der Waals surface area contributed by atoms with E-state index in [2.05, 4.69) is 10.6 Å². The molecular formula is C21H22F2N2O2. The normalized spacial score (nSPS) is 18.7. The van der Waals surface area contributed by atoms with Crippen LogP contribution in [0.15, 0.2) is 42.5 Å². The van der Waals surface area contributed by atoms with Crippen LogP contribution in [0.1, 0.15) is 32.8 Å². The van der Waals surface area contributed by atoms with Crippen LogP contribution in [0.3, 0.4) is 0 Å². The number of carbonyl (C=O) groups excluding carboxylic acids is 2. The molecule has 2 atom stereocenters. The van der Waals surface area contributed by atoms with Crippen molar-refractivity contribution in [2.45, 2.75) is 32.6 Å². The van der Waals surface area contributed by atoms with E-state index < -0.39 is 35.1 Å². The fourth-order valence-corrected chi connectivity index (χ4v) is 3.08. The average molecular weight is 372 g/mol. The molecule has 1 aliphatic carbocycles.